The summed E-state index contributed by atoms with van der Waals surface area (Å²) in [6, 6.07) is 16.3. The average Bonchev–Trinajstić information content (AvgIpc) is 2.96. The Kier molecular flexibility index (Phi) is 11.7. The maximum Gasteiger partial charge on any atom is 0.348 e. The van der Waals surface area contributed by atoms with Gasteiger partial charge in [-0.15, -0.1) is 0 Å². The first kappa shape index (κ1) is 30.0. The van der Waals surface area contributed by atoms with E-state index < -0.39 is 17.7 Å². The number of allylic oxidation sites excluding steroid dienone is 2. The first-order chi connectivity index (χ1) is 18.9. The molecule has 0 aliphatic heterocycles. The van der Waals surface area contributed by atoms with Gasteiger partial charge in [-0.05, 0) is 61.2 Å². The van der Waals surface area contributed by atoms with E-state index in [1.54, 1.807) is 37.3 Å². The van der Waals surface area contributed by atoms with Crippen LogP contribution in [0.15, 0.2) is 72.8 Å². The van der Waals surface area contributed by atoms with Crippen LogP contribution in [-0.4, -0.2) is 36.0 Å². The molecule has 1 aliphatic rings. The normalized spacial score (nSPS) is 17.3. The van der Waals surface area contributed by atoms with E-state index in [1.807, 2.05) is 49.4 Å². The monoisotopic (exact) mass is 532 g/mol. The molecule has 0 amide bonds. The lowest BCUT2D eigenvalue weighted by Gasteiger charge is -2.30. The highest BCUT2D eigenvalue weighted by Crippen LogP contribution is 2.32. The fourth-order valence-corrected chi connectivity index (χ4v) is 4.31. The molecule has 6 nitrogen and oxygen atoms in total. The molecule has 2 unspecified atom stereocenters. The fourth-order valence-electron chi connectivity index (χ4n) is 4.31. The van der Waals surface area contributed by atoms with Gasteiger partial charge in [-0.1, -0.05) is 82.0 Å². The van der Waals surface area contributed by atoms with E-state index in [0.717, 1.165) is 49.7 Å². The van der Waals surface area contributed by atoms with Crippen molar-refractivity contribution in [3.63, 3.8) is 0 Å². The lowest BCUT2D eigenvalue weighted by atomic mass is 9.89. The molecule has 0 saturated carbocycles. The van der Waals surface area contributed by atoms with Crippen LogP contribution in [0.25, 0.3) is 5.57 Å². The number of unbranched alkanes of at least 4 members (excludes halogenated alkanes) is 4. The Morgan fingerprint density at radius 1 is 0.897 bits per heavy atom. The van der Waals surface area contributed by atoms with Crippen LogP contribution in [0.2, 0.25) is 0 Å². The largest absolute Gasteiger partial charge is 0.454 e. The van der Waals surface area contributed by atoms with Crippen LogP contribution in [0, 0.1) is 0 Å². The van der Waals surface area contributed by atoms with Gasteiger partial charge in [0.1, 0.15) is 5.75 Å². The van der Waals surface area contributed by atoms with Crippen molar-refractivity contribution in [2.24, 2.45) is 0 Å². The van der Waals surface area contributed by atoms with Gasteiger partial charge in [0.05, 0.1) is 0 Å². The second kappa shape index (κ2) is 15.2. The van der Waals surface area contributed by atoms with Gasteiger partial charge in [0.25, 0.3) is 0 Å². The van der Waals surface area contributed by atoms with E-state index >= 15 is 0 Å². The number of carbonyl (C=O) groups is 3. The zero-order valence-corrected chi connectivity index (χ0v) is 23.3. The summed E-state index contributed by atoms with van der Waals surface area (Å²) in [6.07, 6.45) is 11.2. The van der Waals surface area contributed by atoms with Crippen LogP contribution in [-0.2, 0) is 19.1 Å². The van der Waals surface area contributed by atoms with Gasteiger partial charge in [-0.3, -0.25) is 9.59 Å². The Bertz CT molecular complexity index is 1150. The van der Waals surface area contributed by atoms with Crippen LogP contribution in [0.4, 0.5) is 0 Å². The van der Waals surface area contributed by atoms with E-state index in [1.165, 1.54) is 0 Å². The predicted octanol–water partition coefficient (Wildman–Crippen LogP) is 7.28. The second-order valence-electron chi connectivity index (χ2n) is 9.88. The van der Waals surface area contributed by atoms with Gasteiger partial charge in [0.2, 0.25) is 5.78 Å². The van der Waals surface area contributed by atoms with Crippen LogP contribution in [0.3, 0.4) is 0 Å². The van der Waals surface area contributed by atoms with Gasteiger partial charge in [0, 0.05) is 25.0 Å². The Labute approximate surface area is 232 Å². The summed E-state index contributed by atoms with van der Waals surface area (Å²) in [5.41, 5.74) is 1.26. The Morgan fingerprint density at radius 3 is 2.26 bits per heavy atom. The predicted molar refractivity (Wildman–Crippen MR) is 152 cm³/mol. The molecular weight excluding hydrogens is 492 g/mol. The van der Waals surface area contributed by atoms with Crippen molar-refractivity contribution in [1.29, 1.82) is 0 Å². The molecule has 0 bridgehead atoms. The molecule has 3 rings (SSSR count). The highest BCUT2D eigenvalue weighted by atomic mass is 16.6. The zero-order valence-electron chi connectivity index (χ0n) is 23.3. The SMILES string of the molecule is CCCCCCOC1(C(=O)Oc2ccc(C(=O)C(C)OC(=O)CCCC)cc2)C=CC(c2ccccc2)=CC1. The molecule has 0 radical (unpaired) electrons. The van der Waals surface area contributed by atoms with Crippen molar-refractivity contribution in [3.8, 4) is 5.75 Å². The van der Waals surface area contributed by atoms with E-state index in [0.29, 0.717) is 30.8 Å². The number of Topliss-reactive ketones (excluding diaryl/α,β-unsaturated/α-hetero) is 1. The highest BCUT2D eigenvalue weighted by Gasteiger charge is 2.40. The van der Waals surface area contributed by atoms with Crippen LogP contribution >= 0.6 is 0 Å². The summed E-state index contributed by atoms with van der Waals surface area (Å²) in [6.45, 7) is 6.16. The van der Waals surface area contributed by atoms with Gasteiger partial charge < -0.3 is 14.2 Å². The maximum atomic E-state index is 13.4. The third-order valence-electron chi connectivity index (χ3n) is 6.73. The van der Waals surface area contributed by atoms with Gasteiger partial charge >= 0.3 is 11.9 Å². The lowest BCUT2D eigenvalue weighted by molar-refractivity contribution is -0.156. The quantitative estimate of drug-likeness (QED) is 0.104. The molecule has 39 heavy (non-hydrogen) atoms. The summed E-state index contributed by atoms with van der Waals surface area (Å²) < 4.78 is 17.2. The van der Waals surface area contributed by atoms with Crippen molar-refractivity contribution in [1.82, 2.24) is 0 Å². The molecule has 0 spiro atoms. The number of rotatable bonds is 15. The van der Waals surface area contributed by atoms with Crippen molar-refractivity contribution in [3.05, 3.63) is 84.0 Å². The Hall–Kier alpha value is -3.51. The van der Waals surface area contributed by atoms with Crippen LogP contribution < -0.4 is 4.74 Å². The Balaban J connectivity index is 1.67. The minimum absolute atomic E-state index is 0.294. The van der Waals surface area contributed by atoms with E-state index in [2.05, 4.69) is 6.92 Å². The topological polar surface area (TPSA) is 78.9 Å². The minimum Gasteiger partial charge on any atom is -0.454 e. The van der Waals surface area contributed by atoms with Crippen molar-refractivity contribution >= 4 is 23.3 Å². The summed E-state index contributed by atoms with van der Waals surface area (Å²) in [5.74, 6) is -0.883. The summed E-state index contributed by atoms with van der Waals surface area (Å²) >= 11 is 0. The van der Waals surface area contributed by atoms with Crippen molar-refractivity contribution in [2.45, 2.75) is 83.8 Å². The number of benzene rings is 2. The zero-order chi connectivity index (χ0) is 28.1. The van der Waals surface area contributed by atoms with Gasteiger partial charge in [-0.25, -0.2) is 4.79 Å². The second-order valence-corrected chi connectivity index (χ2v) is 9.88. The molecule has 2 aromatic carbocycles. The van der Waals surface area contributed by atoms with Crippen LogP contribution in [0.5, 0.6) is 5.75 Å². The first-order valence-corrected chi connectivity index (χ1v) is 14.0. The Morgan fingerprint density at radius 2 is 1.62 bits per heavy atom. The number of esters is 2. The third-order valence-corrected chi connectivity index (χ3v) is 6.73. The molecule has 0 fully saturated rings. The smallest absolute Gasteiger partial charge is 0.348 e. The van der Waals surface area contributed by atoms with E-state index in [-0.39, 0.29) is 11.8 Å². The number of ketones is 1. The molecule has 0 N–H and O–H groups in total. The molecule has 0 heterocycles. The van der Waals surface area contributed by atoms with Crippen molar-refractivity contribution in [2.75, 3.05) is 6.61 Å². The first-order valence-electron chi connectivity index (χ1n) is 14.0. The molecule has 208 valence electrons. The summed E-state index contributed by atoms with van der Waals surface area (Å²) in [7, 11) is 0. The molecule has 0 aromatic heterocycles. The number of carbonyl (C=O) groups excluding carboxylic acids is 3. The van der Waals surface area contributed by atoms with E-state index in [9.17, 15) is 14.4 Å². The van der Waals surface area contributed by atoms with Crippen LogP contribution in [0.1, 0.15) is 88.1 Å². The molecule has 1 aliphatic carbocycles. The number of hydrogen-bond donors (Lipinski definition) is 0. The number of hydrogen-bond acceptors (Lipinski definition) is 6. The highest BCUT2D eigenvalue weighted by molar-refractivity contribution is 6.00. The standard InChI is InChI=1S/C33H40O6/c1-4-6-8-12-24-37-33(22-20-27(21-23-33)26-13-10-9-11-14-26)32(36)39-29-18-16-28(17-19-29)31(35)25(3)38-30(34)15-7-5-2/h9-11,13-14,16-22,25H,4-8,12,15,23-24H2,1-3H3. The van der Waals surface area contributed by atoms with E-state index in [4.69, 9.17) is 14.2 Å². The molecule has 2 aromatic rings. The van der Waals surface area contributed by atoms with Gasteiger partial charge in [-0.2, -0.15) is 0 Å². The summed E-state index contributed by atoms with van der Waals surface area (Å²) in [4.78, 5) is 38.0. The average molecular weight is 533 g/mol. The molecule has 6 heteroatoms. The maximum absolute atomic E-state index is 13.4. The minimum atomic E-state index is -1.22. The lowest BCUT2D eigenvalue weighted by Crippen LogP contribution is -2.43. The molecule has 0 saturated heterocycles. The van der Waals surface area contributed by atoms with Crippen molar-refractivity contribution < 1.29 is 28.6 Å². The van der Waals surface area contributed by atoms with Gasteiger partial charge in [0.15, 0.2) is 11.7 Å². The molecule has 2 atom stereocenters. The third kappa shape index (κ3) is 8.75. The number of ether oxygens (including phenoxy) is 3. The summed E-state index contributed by atoms with van der Waals surface area (Å²) in [5, 5.41) is 0. The fraction of sp³-hybridized carbons (Fsp3) is 0.424. The molecular formula is C33H40O6.